The summed E-state index contributed by atoms with van der Waals surface area (Å²) < 4.78 is 5.85. The van der Waals surface area contributed by atoms with E-state index in [0.717, 1.165) is 24.9 Å². The van der Waals surface area contributed by atoms with Crippen LogP contribution in [0.2, 0.25) is 0 Å². The molecule has 2 heteroatoms. The highest BCUT2D eigenvalue weighted by Crippen LogP contribution is 2.37. The van der Waals surface area contributed by atoms with Gasteiger partial charge in [0.2, 0.25) is 0 Å². The molecular formula is C15H31NO. The lowest BCUT2D eigenvalue weighted by Gasteiger charge is -2.27. The minimum Gasteiger partial charge on any atom is -0.377 e. The fourth-order valence-corrected chi connectivity index (χ4v) is 2.73. The Bertz CT molecular complexity index is 191. The third-order valence-electron chi connectivity index (χ3n) is 4.02. The molecule has 3 unspecified atom stereocenters. The first kappa shape index (κ1) is 15.0. The normalized spacial score (nSPS) is 21.2. The van der Waals surface area contributed by atoms with E-state index in [1.807, 2.05) is 0 Å². The molecule has 1 aliphatic carbocycles. The van der Waals surface area contributed by atoms with Crippen molar-refractivity contribution in [2.45, 2.75) is 77.9 Å². The van der Waals surface area contributed by atoms with Crippen LogP contribution in [0, 0.1) is 11.8 Å². The second kappa shape index (κ2) is 8.10. The molecule has 1 saturated carbocycles. The summed E-state index contributed by atoms with van der Waals surface area (Å²) in [6.45, 7) is 7.44. The molecule has 1 fully saturated rings. The Balaban J connectivity index is 2.34. The van der Waals surface area contributed by atoms with Crippen LogP contribution < -0.4 is 5.73 Å². The van der Waals surface area contributed by atoms with Gasteiger partial charge in [0.15, 0.2) is 0 Å². The third kappa shape index (κ3) is 5.39. The van der Waals surface area contributed by atoms with Crippen LogP contribution in [0.25, 0.3) is 0 Å². The lowest BCUT2D eigenvalue weighted by atomic mass is 9.89. The first-order valence-corrected chi connectivity index (χ1v) is 7.60. The summed E-state index contributed by atoms with van der Waals surface area (Å²) in [6.07, 6.45) is 9.36. The number of ether oxygens (including phenoxy) is 1. The van der Waals surface area contributed by atoms with Crippen molar-refractivity contribution in [3.8, 4) is 0 Å². The van der Waals surface area contributed by atoms with Crippen LogP contribution >= 0.6 is 0 Å². The molecule has 1 rings (SSSR count). The smallest absolute Gasteiger partial charge is 0.0753 e. The molecule has 3 atom stereocenters. The largest absolute Gasteiger partial charge is 0.377 e. The SMILES string of the molecule is CCCCC(CC)CC(N)C(OCC)C1CC1. The quantitative estimate of drug-likeness (QED) is 0.632. The molecule has 102 valence electrons. The van der Waals surface area contributed by atoms with E-state index < -0.39 is 0 Å². The molecule has 0 aromatic carbocycles. The van der Waals surface area contributed by atoms with Crippen LogP contribution in [0.4, 0.5) is 0 Å². The zero-order chi connectivity index (χ0) is 12.7. The number of nitrogens with two attached hydrogens (primary N) is 1. The lowest BCUT2D eigenvalue weighted by molar-refractivity contribution is 0.0224. The van der Waals surface area contributed by atoms with Crippen LogP contribution in [0.3, 0.4) is 0 Å². The van der Waals surface area contributed by atoms with Crippen molar-refractivity contribution in [3.63, 3.8) is 0 Å². The Hall–Kier alpha value is -0.0800. The van der Waals surface area contributed by atoms with E-state index in [1.165, 1.54) is 38.5 Å². The second-order valence-corrected chi connectivity index (χ2v) is 5.57. The predicted octanol–water partition coefficient (Wildman–Crippen LogP) is 3.74. The Morgan fingerprint density at radius 1 is 1.24 bits per heavy atom. The van der Waals surface area contributed by atoms with E-state index in [0.29, 0.717) is 6.10 Å². The molecule has 17 heavy (non-hydrogen) atoms. The topological polar surface area (TPSA) is 35.2 Å². The Labute approximate surface area is 107 Å². The van der Waals surface area contributed by atoms with Crippen molar-refractivity contribution < 1.29 is 4.74 Å². The van der Waals surface area contributed by atoms with Gasteiger partial charge in [-0.2, -0.15) is 0 Å². The molecule has 0 bridgehead atoms. The molecule has 0 saturated heterocycles. The van der Waals surface area contributed by atoms with Gasteiger partial charge in [-0.25, -0.2) is 0 Å². The first-order chi connectivity index (χ1) is 8.22. The highest BCUT2D eigenvalue weighted by molar-refractivity contribution is 4.89. The van der Waals surface area contributed by atoms with E-state index in [2.05, 4.69) is 20.8 Å². The van der Waals surface area contributed by atoms with Gasteiger partial charge in [0.1, 0.15) is 0 Å². The van der Waals surface area contributed by atoms with Crippen molar-refractivity contribution in [1.29, 1.82) is 0 Å². The molecule has 0 heterocycles. The molecule has 1 aliphatic rings. The van der Waals surface area contributed by atoms with Crippen molar-refractivity contribution in [2.24, 2.45) is 17.6 Å². The zero-order valence-electron chi connectivity index (χ0n) is 12.0. The first-order valence-electron chi connectivity index (χ1n) is 7.60. The maximum atomic E-state index is 6.37. The molecule has 2 nitrogen and oxygen atoms in total. The lowest BCUT2D eigenvalue weighted by Crippen LogP contribution is -2.40. The fraction of sp³-hybridized carbons (Fsp3) is 1.00. The minimum atomic E-state index is 0.254. The monoisotopic (exact) mass is 241 g/mol. The molecule has 0 aromatic heterocycles. The van der Waals surface area contributed by atoms with Crippen LogP contribution in [0.15, 0.2) is 0 Å². The average molecular weight is 241 g/mol. The third-order valence-corrected chi connectivity index (χ3v) is 4.02. The summed E-state index contributed by atoms with van der Waals surface area (Å²) in [5, 5.41) is 0. The van der Waals surface area contributed by atoms with Gasteiger partial charge in [0.05, 0.1) is 6.10 Å². The highest BCUT2D eigenvalue weighted by atomic mass is 16.5. The van der Waals surface area contributed by atoms with Crippen LogP contribution in [0.5, 0.6) is 0 Å². The zero-order valence-corrected chi connectivity index (χ0v) is 12.0. The molecule has 2 N–H and O–H groups in total. The van der Waals surface area contributed by atoms with Crippen molar-refractivity contribution in [2.75, 3.05) is 6.61 Å². The van der Waals surface area contributed by atoms with E-state index >= 15 is 0 Å². The second-order valence-electron chi connectivity index (χ2n) is 5.57. The maximum absolute atomic E-state index is 6.37. The number of rotatable bonds is 10. The Morgan fingerprint density at radius 3 is 2.41 bits per heavy atom. The van der Waals surface area contributed by atoms with Crippen LogP contribution in [0.1, 0.15) is 65.7 Å². The molecule has 0 aromatic rings. The standard InChI is InChI=1S/C15H31NO/c1-4-7-8-12(5-2)11-14(16)15(17-6-3)13-9-10-13/h12-15H,4-11,16H2,1-3H3. The predicted molar refractivity (Wildman–Crippen MR) is 74.0 cm³/mol. The van der Waals surface area contributed by atoms with E-state index in [9.17, 15) is 0 Å². The van der Waals surface area contributed by atoms with Gasteiger partial charge in [-0.15, -0.1) is 0 Å². The van der Waals surface area contributed by atoms with Crippen molar-refractivity contribution in [3.05, 3.63) is 0 Å². The minimum absolute atomic E-state index is 0.254. The summed E-state index contributed by atoms with van der Waals surface area (Å²) in [4.78, 5) is 0. The van der Waals surface area contributed by atoms with Gasteiger partial charge in [0.25, 0.3) is 0 Å². The Morgan fingerprint density at radius 2 is 1.94 bits per heavy atom. The Kier molecular flexibility index (Phi) is 7.14. The van der Waals surface area contributed by atoms with Gasteiger partial charge in [-0.1, -0.05) is 39.5 Å². The van der Waals surface area contributed by atoms with E-state index in [-0.39, 0.29) is 6.04 Å². The molecule has 0 radical (unpaired) electrons. The molecule has 0 amide bonds. The number of hydrogen-bond acceptors (Lipinski definition) is 2. The van der Waals surface area contributed by atoms with Crippen LogP contribution in [-0.4, -0.2) is 18.8 Å². The summed E-state index contributed by atoms with van der Waals surface area (Å²) in [6, 6.07) is 0.254. The van der Waals surface area contributed by atoms with Gasteiger partial charge >= 0.3 is 0 Å². The van der Waals surface area contributed by atoms with Crippen molar-refractivity contribution in [1.82, 2.24) is 0 Å². The maximum Gasteiger partial charge on any atom is 0.0753 e. The highest BCUT2D eigenvalue weighted by Gasteiger charge is 2.36. The fourth-order valence-electron chi connectivity index (χ4n) is 2.73. The van der Waals surface area contributed by atoms with E-state index in [4.69, 9.17) is 10.5 Å². The number of unbranched alkanes of at least 4 members (excludes halogenated alkanes) is 1. The van der Waals surface area contributed by atoms with Gasteiger partial charge in [-0.3, -0.25) is 0 Å². The van der Waals surface area contributed by atoms with E-state index in [1.54, 1.807) is 0 Å². The summed E-state index contributed by atoms with van der Waals surface area (Å²) in [5.41, 5.74) is 6.37. The molecule has 0 aliphatic heterocycles. The van der Waals surface area contributed by atoms with Gasteiger partial charge in [-0.05, 0) is 38.0 Å². The van der Waals surface area contributed by atoms with Gasteiger partial charge in [0, 0.05) is 12.6 Å². The van der Waals surface area contributed by atoms with Gasteiger partial charge < -0.3 is 10.5 Å². The number of hydrogen-bond donors (Lipinski definition) is 1. The van der Waals surface area contributed by atoms with Crippen LogP contribution in [-0.2, 0) is 4.74 Å². The summed E-state index contributed by atoms with van der Waals surface area (Å²) in [7, 11) is 0. The van der Waals surface area contributed by atoms with Crippen molar-refractivity contribution >= 4 is 0 Å². The average Bonchev–Trinajstić information content (AvgIpc) is 3.15. The summed E-state index contributed by atoms with van der Waals surface area (Å²) in [5.74, 6) is 1.56. The summed E-state index contributed by atoms with van der Waals surface area (Å²) >= 11 is 0. The molecular weight excluding hydrogens is 210 g/mol. The molecule has 0 spiro atoms.